The Hall–Kier alpha value is -3.42. The second kappa shape index (κ2) is 10.1. The van der Waals surface area contributed by atoms with E-state index < -0.39 is 0 Å². The number of nitrogens with one attached hydrogen (secondary N) is 1. The second-order valence-corrected chi connectivity index (χ2v) is 9.45. The Bertz CT molecular complexity index is 1100. The van der Waals surface area contributed by atoms with Crippen molar-refractivity contribution in [3.63, 3.8) is 0 Å². The molecule has 1 saturated heterocycles. The first-order valence-electron chi connectivity index (χ1n) is 12.2. The molecule has 35 heavy (non-hydrogen) atoms. The first-order valence-corrected chi connectivity index (χ1v) is 12.2. The smallest absolute Gasteiger partial charge is 0.231 e. The number of hydrogen-bond acceptors (Lipinski definition) is 6. The van der Waals surface area contributed by atoms with Gasteiger partial charge in [0.1, 0.15) is 11.5 Å². The van der Waals surface area contributed by atoms with Crippen LogP contribution in [-0.2, 0) is 16.1 Å². The Morgan fingerprint density at radius 2 is 1.80 bits per heavy atom. The molecule has 1 aliphatic carbocycles. The highest BCUT2D eigenvalue weighted by atomic mass is 16.7. The van der Waals surface area contributed by atoms with Gasteiger partial charge in [-0.25, -0.2) is 0 Å². The lowest BCUT2D eigenvalue weighted by atomic mass is 9.87. The molecule has 0 radical (unpaired) electrons. The van der Waals surface area contributed by atoms with Crippen LogP contribution >= 0.6 is 0 Å². The van der Waals surface area contributed by atoms with Crippen molar-refractivity contribution in [2.45, 2.75) is 38.1 Å². The summed E-state index contributed by atoms with van der Waals surface area (Å²) in [6.45, 7) is 1.49. The predicted octanol–water partition coefficient (Wildman–Crippen LogP) is 3.48. The van der Waals surface area contributed by atoms with Gasteiger partial charge in [0.25, 0.3) is 0 Å². The Balaban J connectivity index is 1.36. The summed E-state index contributed by atoms with van der Waals surface area (Å²) in [5.41, 5.74) is 1.84. The van der Waals surface area contributed by atoms with E-state index in [1.165, 1.54) is 0 Å². The van der Waals surface area contributed by atoms with E-state index in [1.807, 2.05) is 41.3 Å². The molecule has 1 N–H and O–H groups in total. The fourth-order valence-electron chi connectivity index (χ4n) is 5.49. The number of ether oxygens (including phenoxy) is 4. The van der Waals surface area contributed by atoms with Crippen LogP contribution < -0.4 is 24.3 Å². The number of carbonyl (C=O) groups is 2. The summed E-state index contributed by atoms with van der Waals surface area (Å²) in [5, 5.41) is 3.08. The average molecular weight is 481 g/mol. The van der Waals surface area contributed by atoms with Crippen LogP contribution in [0.1, 0.15) is 42.7 Å². The van der Waals surface area contributed by atoms with Gasteiger partial charge in [-0.05, 0) is 36.6 Å². The minimum atomic E-state index is -0.378. The Labute approximate surface area is 205 Å². The first-order chi connectivity index (χ1) is 17.1. The normalized spacial score (nSPS) is 21.3. The summed E-state index contributed by atoms with van der Waals surface area (Å²) in [4.78, 5) is 28.6. The number of fused-ring (bicyclic) bond motifs is 1. The van der Waals surface area contributed by atoms with Crippen molar-refractivity contribution >= 4 is 11.8 Å². The molecular weight excluding hydrogens is 448 g/mol. The summed E-state index contributed by atoms with van der Waals surface area (Å²) < 4.78 is 21.8. The van der Waals surface area contributed by atoms with Crippen LogP contribution in [0.15, 0.2) is 36.4 Å². The molecule has 2 heterocycles. The minimum absolute atomic E-state index is 0.0730. The molecule has 2 aromatic carbocycles. The predicted molar refractivity (Wildman–Crippen MR) is 129 cm³/mol. The molecule has 2 amide bonds. The zero-order valence-corrected chi connectivity index (χ0v) is 20.2. The molecule has 1 saturated carbocycles. The lowest BCUT2D eigenvalue weighted by molar-refractivity contribution is -0.134. The Morgan fingerprint density at radius 3 is 2.57 bits per heavy atom. The maximum atomic E-state index is 13.5. The number of amides is 2. The first kappa shape index (κ1) is 23.3. The third-order valence-corrected chi connectivity index (χ3v) is 7.42. The quantitative estimate of drug-likeness (QED) is 0.653. The van der Waals surface area contributed by atoms with Crippen molar-refractivity contribution in [3.05, 3.63) is 47.5 Å². The third-order valence-electron chi connectivity index (χ3n) is 7.42. The molecule has 8 heteroatoms. The maximum absolute atomic E-state index is 13.5. The molecule has 3 aliphatic rings. The van der Waals surface area contributed by atoms with Crippen molar-refractivity contribution in [1.29, 1.82) is 0 Å². The molecule has 8 nitrogen and oxygen atoms in total. The monoisotopic (exact) mass is 480 g/mol. The van der Waals surface area contributed by atoms with Crippen LogP contribution in [0.2, 0.25) is 0 Å². The lowest BCUT2D eigenvalue weighted by Crippen LogP contribution is -2.36. The number of hydrogen-bond donors (Lipinski definition) is 1. The zero-order valence-electron chi connectivity index (χ0n) is 20.2. The highest BCUT2D eigenvalue weighted by Gasteiger charge is 2.43. The molecule has 2 aromatic rings. The SMILES string of the molecule is COc1ccc(C2CN(C(=O)C3CCCC3)CC2C(=O)NCc2ccc3c(c2)OCO3)c(OC)c1. The van der Waals surface area contributed by atoms with E-state index in [-0.39, 0.29) is 36.4 Å². The minimum Gasteiger partial charge on any atom is -0.497 e. The summed E-state index contributed by atoms with van der Waals surface area (Å²) in [6.07, 6.45) is 4.07. The lowest BCUT2D eigenvalue weighted by Gasteiger charge is -2.21. The number of likely N-dealkylation sites (tertiary alicyclic amines) is 1. The number of methoxy groups -OCH3 is 2. The standard InChI is InChI=1S/C27H32N2O6/c1-32-19-8-9-20(24(12-19)33-2)21-14-29(27(31)18-5-3-4-6-18)15-22(21)26(30)28-13-17-7-10-23-25(11-17)35-16-34-23/h7-12,18,21-22H,3-6,13-16H2,1-2H3,(H,28,30). The Morgan fingerprint density at radius 1 is 1.00 bits per heavy atom. The van der Waals surface area contributed by atoms with Crippen LogP contribution in [0.5, 0.6) is 23.0 Å². The van der Waals surface area contributed by atoms with Crippen LogP contribution in [-0.4, -0.2) is 50.8 Å². The number of carbonyl (C=O) groups excluding carboxylic acids is 2. The molecule has 2 unspecified atom stereocenters. The van der Waals surface area contributed by atoms with Gasteiger partial charge < -0.3 is 29.2 Å². The molecule has 0 spiro atoms. The summed E-state index contributed by atoms with van der Waals surface area (Å²) in [5.74, 6) is 2.37. The third kappa shape index (κ3) is 4.74. The molecule has 2 fully saturated rings. The van der Waals surface area contributed by atoms with E-state index in [2.05, 4.69) is 5.32 Å². The summed E-state index contributed by atoms with van der Waals surface area (Å²) >= 11 is 0. The second-order valence-electron chi connectivity index (χ2n) is 9.45. The van der Waals surface area contributed by atoms with E-state index in [1.54, 1.807) is 14.2 Å². The molecular formula is C27H32N2O6. The van der Waals surface area contributed by atoms with Gasteiger partial charge in [0.05, 0.1) is 20.1 Å². The van der Waals surface area contributed by atoms with E-state index in [4.69, 9.17) is 18.9 Å². The van der Waals surface area contributed by atoms with Gasteiger partial charge in [0, 0.05) is 43.1 Å². The van der Waals surface area contributed by atoms with Gasteiger partial charge in [-0.1, -0.05) is 25.0 Å². The molecule has 2 atom stereocenters. The molecule has 2 aliphatic heterocycles. The van der Waals surface area contributed by atoms with Crippen molar-refractivity contribution in [2.75, 3.05) is 34.1 Å². The largest absolute Gasteiger partial charge is 0.497 e. The van der Waals surface area contributed by atoms with E-state index in [0.717, 1.165) is 36.8 Å². The van der Waals surface area contributed by atoms with Crippen LogP contribution in [0, 0.1) is 11.8 Å². The van der Waals surface area contributed by atoms with Crippen LogP contribution in [0.25, 0.3) is 0 Å². The van der Waals surface area contributed by atoms with E-state index >= 15 is 0 Å². The van der Waals surface area contributed by atoms with Crippen molar-refractivity contribution in [2.24, 2.45) is 11.8 Å². The average Bonchev–Trinajstić information content (AvgIpc) is 3.66. The Kier molecular flexibility index (Phi) is 6.70. The van der Waals surface area contributed by atoms with Crippen LogP contribution in [0.3, 0.4) is 0 Å². The van der Waals surface area contributed by atoms with Crippen molar-refractivity contribution in [1.82, 2.24) is 10.2 Å². The fraction of sp³-hybridized carbons (Fsp3) is 0.481. The van der Waals surface area contributed by atoms with Crippen LogP contribution in [0.4, 0.5) is 0 Å². The van der Waals surface area contributed by atoms with Gasteiger partial charge in [-0.15, -0.1) is 0 Å². The van der Waals surface area contributed by atoms with E-state index in [9.17, 15) is 9.59 Å². The van der Waals surface area contributed by atoms with E-state index in [0.29, 0.717) is 42.6 Å². The topological polar surface area (TPSA) is 86.3 Å². The fourth-order valence-corrected chi connectivity index (χ4v) is 5.49. The summed E-state index contributed by atoms with van der Waals surface area (Å²) in [6, 6.07) is 11.3. The van der Waals surface area contributed by atoms with Gasteiger partial charge in [-0.3, -0.25) is 9.59 Å². The van der Waals surface area contributed by atoms with Gasteiger partial charge >= 0.3 is 0 Å². The number of rotatable bonds is 7. The number of benzene rings is 2. The highest BCUT2D eigenvalue weighted by molar-refractivity contribution is 5.84. The van der Waals surface area contributed by atoms with Gasteiger partial charge in [0.2, 0.25) is 18.6 Å². The van der Waals surface area contributed by atoms with Crippen molar-refractivity contribution in [3.8, 4) is 23.0 Å². The molecule has 5 rings (SSSR count). The van der Waals surface area contributed by atoms with Gasteiger partial charge in [-0.2, -0.15) is 0 Å². The molecule has 0 bridgehead atoms. The van der Waals surface area contributed by atoms with Crippen molar-refractivity contribution < 1.29 is 28.5 Å². The highest BCUT2D eigenvalue weighted by Crippen LogP contribution is 2.41. The van der Waals surface area contributed by atoms with Gasteiger partial charge in [0.15, 0.2) is 11.5 Å². The molecule has 186 valence electrons. The summed E-state index contributed by atoms with van der Waals surface area (Å²) in [7, 11) is 3.22. The molecule has 0 aromatic heterocycles. The maximum Gasteiger partial charge on any atom is 0.231 e. The number of nitrogens with zero attached hydrogens (tertiary/aromatic N) is 1. The zero-order chi connectivity index (χ0) is 24.4.